The van der Waals surface area contributed by atoms with Crippen LogP contribution in [0.4, 0.5) is 10.5 Å². The van der Waals surface area contributed by atoms with Crippen LogP contribution in [0.15, 0.2) is 24.3 Å². The summed E-state index contributed by atoms with van der Waals surface area (Å²) < 4.78 is 5.36. The lowest BCUT2D eigenvalue weighted by Gasteiger charge is -2.34. The monoisotopic (exact) mass is 260 g/mol. The van der Waals surface area contributed by atoms with Crippen molar-refractivity contribution in [3.05, 3.63) is 29.8 Å². The van der Waals surface area contributed by atoms with Crippen LogP contribution in [-0.2, 0) is 4.74 Å². The van der Waals surface area contributed by atoms with Gasteiger partial charge in [0.2, 0.25) is 0 Å². The quantitative estimate of drug-likeness (QED) is 0.843. The first kappa shape index (κ1) is 12.5. The SMILES string of the molecule is Cc1ccc(N2C(=O)OCC23CCCNCC3)cc1. The second kappa shape index (κ2) is 4.85. The molecule has 1 aromatic rings. The summed E-state index contributed by atoms with van der Waals surface area (Å²) in [6.45, 7) is 4.54. The molecule has 1 N–H and O–H groups in total. The molecule has 3 rings (SSSR count). The average Bonchev–Trinajstić information content (AvgIpc) is 2.60. The van der Waals surface area contributed by atoms with Crippen LogP contribution in [0.3, 0.4) is 0 Å². The maximum Gasteiger partial charge on any atom is 0.415 e. The van der Waals surface area contributed by atoms with Gasteiger partial charge in [-0.3, -0.25) is 4.90 Å². The zero-order valence-electron chi connectivity index (χ0n) is 11.3. The number of aryl methyl sites for hydroxylation is 1. The first-order chi connectivity index (χ1) is 9.21. The molecule has 1 aromatic carbocycles. The molecule has 19 heavy (non-hydrogen) atoms. The third kappa shape index (κ3) is 2.21. The summed E-state index contributed by atoms with van der Waals surface area (Å²) in [6.07, 6.45) is 2.83. The largest absolute Gasteiger partial charge is 0.447 e. The lowest BCUT2D eigenvalue weighted by molar-refractivity contribution is 0.170. The first-order valence-corrected chi connectivity index (χ1v) is 6.96. The van der Waals surface area contributed by atoms with Gasteiger partial charge in [-0.15, -0.1) is 0 Å². The maximum atomic E-state index is 12.1. The smallest absolute Gasteiger partial charge is 0.415 e. The Morgan fingerprint density at radius 2 is 2.00 bits per heavy atom. The molecule has 0 aromatic heterocycles. The van der Waals surface area contributed by atoms with E-state index in [9.17, 15) is 4.79 Å². The lowest BCUT2D eigenvalue weighted by atomic mass is 9.90. The van der Waals surface area contributed by atoms with E-state index in [2.05, 4.69) is 12.2 Å². The highest BCUT2D eigenvalue weighted by molar-refractivity contribution is 5.91. The van der Waals surface area contributed by atoms with Gasteiger partial charge in [0, 0.05) is 5.69 Å². The number of amides is 1. The van der Waals surface area contributed by atoms with Crippen molar-refractivity contribution in [3.8, 4) is 0 Å². The van der Waals surface area contributed by atoms with Gasteiger partial charge in [0.15, 0.2) is 0 Å². The second-order valence-electron chi connectivity index (χ2n) is 5.55. The van der Waals surface area contributed by atoms with Gasteiger partial charge in [0.1, 0.15) is 6.61 Å². The van der Waals surface area contributed by atoms with Gasteiger partial charge >= 0.3 is 6.09 Å². The number of benzene rings is 1. The van der Waals surface area contributed by atoms with Crippen LogP contribution in [0, 0.1) is 6.92 Å². The predicted octanol–water partition coefficient (Wildman–Crippen LogP) is 2.46. The Balaban J connectivity index is 1.95. The van der Waals surface area contributed by atoms with Crippen LogP contribution in [-0.4, -0.2) is 31.3 Å². The summed E-state index contributed by atoms with van der Waals surface area (Å²) >= 11 is 0. The van der Waals surface area contributed by atoms with Crippen molar-refractivity contribution in [1.82, 2.24) is 5.32 Å². The number of nitrogens with one attached hydrogen (secondary N) is 1. The van der Waals surface area contributed by atoms with Crippen molar-refractivity contribution in [3.63, 3.8) is 0 Å². The Labute approximate surface area is 113 Å². The first-order valence-electron chi connectivity index (χ1n) is 6.96. The van der Waals surface area contributed by atoms with Crippen molar-refractivity contribution in [2.24, 2.45) is 0 Å². The number of ether oxygens (including phenoxy) is 1. The highest BCUT2D eigenvalue weighted by Gasteiger charge is 2.47. The summed E-state index contributed by atoms with van der Waals surface area (Å²) in [5.41, 5.74) is 2.00. The van der Waals surface area contributed by atoms with Crippen molar-refractivity contribution in [2.45, 2.75) is 31.7 Å². The molecule has 2 heterocycles. The third-order valence-corrected chi connectivity index (χ3v) is 4.18. The number of hydrogen-bond donors (Lipinski definition) is 1. The number of rotatable bonds is 1. The van der Waals surface area contributed by atoms with Crippen LogP contribution in [0.2, 0.25) is 0 Å². The van der Waals surface area contributed by atoms with E-state index in [1.807, 2.05) is 29.2 Å². The molecule has 4 heteroatoms. The predicted molar refractivity (Wildman–Crippen MR) is 74.5 cm³/mol. The summed E-state index contributed by atoms with van der Waals surface area (Å²) in [5, 5.41) is 3.40. The fourth-order valence-electron chi connectivity index (χ4n) is 3.07. The van der Waals surface area contributed by atoms with Crippen LogP contribution < -0.4 is 10.2 Å². The Bertz CT molecular complexity index is 462. The van der Waals surface area contributed by atoms with Gasteiger partial charge in [0.25, 0.3) is 0 Å². The molecule has 1 spiro atoms. The minimum absolute atomic E-state index is 0.157. The van der Waals surface area contributed by atoms with Gasteiger partial charge in [-0.25, -0.2) is 4.79 Å². The van der Waals surface area contributed by atoms with E-state index in [0.717, 1.165) is 38.0 Å². The number of hydrogen-bond acceptors (Lipinski definition) is 3. The highest BCUT2D eigenvalue weighted by atomic mass is 16.6. The molecular weight excluding hydrogens is 240 g/mol. The molecule has 2 fully saturated rings. The van der Waals surface area contributed by atoms with Gasteiger partial charge < -0.3 is 10.1 Å². The molecule has 2 aliphatic rings. The number of nitrogens with zero attached hydrogens (tertiary/aromatic N) is 1. The van der Waals surface area contributed by atoms with E-state index in [1.165, 1.54) is 5.56 Å². The van der Waals surface area contributed by atoms with Crippen LogP contribution in [0.25, 0.3) is 0 Å². The van der Waals surface area contributed by atoms with Gasteiger partial charge in [-0.1, -0.05) is 17.7 Å². The molecule has 2 saturated heterocycles. The van der Waals surface area contributed by atoms with Crippen molar-refractivity contribution >= 4 is 11.8 Å². The molecule has 0 radical (unpaired) electrons. The van der Waals surface area contributed by atoms with Crippen LogP contribution in [0.1, 0.15) is 24.8 Å². The number of carbonyl (C=O) groups excluding carboxylic acids is 1. The summed E-state index contributed by atoms with van der Waals surface area (Å²) in [4.78, 5) is 14.0. The lowest BCUT2D eigenvalue weighted by Crippen LogP contribution is -2.48. The van der Waals surface area contributed by atoms with Crippen molar-refractivity contribution < 1.29 is 9.53 Å². The topological polar surface area (TPSA) is 41.6 Å². The molecule has 0 saturated carbocycles. The molecule has 0 bridgehead atoms. The van der Waals surface area contributed by atoms with E-state index < -0.39 is 0 Å². The van der Waals surface area contributed by atoms with E-state index in [4.69, 9.17) is 4.74 Å². The molecule has 1 amide bonds. The summed E-state index contributed by atoms with van der Waals surface area (Å²) in [6, 6.07) is 8.12. The molecular formula is C15H20N2O2. The van der Waals surface area contributed by atoms with Gasteiger partial charge in [-0.05, 0) is 51.4 Å². The number of carbonyl (C=O) groups is 1. The molecule has 4 nitrogen and oxygen atoms in total. The van der Waals surface area contributed by atoms with Crippen molar-refractivity contribution in [2.75, 3.05) is 24.6 Å². The normalized spacial score (nSPS) is 27.4. The average molecular weight is 260 g/mol. The van der Waals surface area contributed by atoms with Crippen LogP contribution in [0.5, 0.6) is 0 Å². The Hall–Kier alpha value is -1.55. The Morgan fingerprint density at radius 1 is 1.21 bits per heavy atom. The zero-order valence-corrected chi connectivity index (χ0v) is 11.3. The zero-order chi connectivity index (χ0) is 13.3. The fraction of sp³-hybridized carbons (Fsp3) is 0.533. The van der Waals surface area contributed by atoms with E-state index in [-0.39, 0.29) is 11.6 Å². The maximum absolute atomic E-state index is 12.1. The Kier molecular flexibility index (Phi) is 3.19. The van der Waals surface area contributed by atoms with E-state index in [1.54, 1.807) is 0 Å². The molecule has 102 valence electrons. The van der Waals surface area contributed by atoms with Crippen molar-refractivity contribution in [1.29, 1.82) is 0 Å². The fourth-order valence-corrected chi connectivity index (χ4v) is 3.07. The minimum Gasteiger partial charge on any atom is -0.447 e. The molecule has 1 atom stereocenters. The minimum atomic E-state index is -0.203. The Morgan fingerprint density at radius 3 is 2.79 bits per heavy atom. The van der Waals surface area contributed by atoms with Crippen LogP contribution >= 0.6 is 0 Å². The molecule has 0 aliphatic carbocycles. The van der Waals surface area contributed by atoms with Gasteiger partial charge in [-0.2, -0.15) is 0 Å². The summed E-state index contributed by atoms with van der Waals surface area (Å²) in [5.74, 6) is 0. The highest BCUT2D eigenvalue weighted by Crippen LogP contribution is 2.37. The standard InChI is InChI=1S/C15H20N2O2/c1-12-3-5-13(6-4-12)17-14(18)19-11-15(17)7-2-9-16-10-8-15/h3-6,16H,2,7-11H2,1H3. The second-order valence-corrected chi connectivity index (χ2v) is 5.55. The van der Waals surface area contributed by atoms with Gasteiger partial charge in [0.05, 0.1) is 5.54 Å². The molecule has 2 aliphatic heterocycles. The number of cyclic esters (lactones) is 1. The van der Waals surface area contributed by atoms with E-state index in [0.29, 0.717) is 6.61 Å². The van der Waals surface area contributed by atoms with E-state index >= 15 is 0 Å². The number of anilines is 1. The molecule has 1 unspecified atom stereocenters. The third-order valence-electron chi connectivity index (χ3n) is 4.18. The summed E-state index contributed by atoms with van der Waals surface area (Å²) in [7, 11) is 0.